The van der Waals surface area contributed by atoms with Crippen LogP contribution in [0.15, 0.2) is 79.1 Å². The number of pyridine rings is 1. The fraction of sp³-hybridized carbons (Fsp3) is 0.286. The first-order valence-corrected chi connectivity index (χ1v) is 11.9. The van der Waals surface area contributed by atoms with Gasteiger partial charge in [0.05, 0.1) is 24.5 Å². The molecule has 8 heteroatoms. The molecule has 7 nitrogen and oxygen atoms in total. The molecule has 36 heavy (non-hydrogen) atoms. The van der Waals surface area contributed by atoms with Gasteiger partial charge in [-0.25, -0.2) is 4.39 Å². The summed E-state index contributed by atoms with van der Waals surface area (Å²) in [5.41, 5.74) is 3.22. The average Bonchev–Trinajstić information content (AvgIpc) is 3.29. The van der Waals surface area contributed by atoms with Crippen LogP contribution in [-0.4, -0.2) is 46.4 Å². The molecule has 2 heterocycles. The molecular formula is C28H29FN4O3. The van der Waals surface area contributed by atoms with Crippen LogP contribution >= 0.6 is 0 Å². The van der Waals surface area contributed by atoms with Crippen LogP contribution in [0.1, 0.15) is 48.9 Å². The fourth-order valence-corrected chi connectivity index (χ4v) is 4.33. The number of amides is 3. The molecule has 0 spiro atoms. The first-order valence-electron chi connectivity index (χ1n) is 11.9. The molecule has 0 radical (unpaired) electrons. The van der Waals surface area contributed by atoms with E-state index in [2.05, 4.69) is 29.5 Å². The van der Waals surface area contributed by atoms with Crippen molar-refractivity contribution >= 4 is 23.4 Å². The highest BCUT2D eigenvalue weighted by molar-refractivity contribution is 6.40. The zero-order valence-electron chi connectivity index (χ0n) is 20.2. The van der Waals surface area contributed by atoms with Gasteiger partial charge in [0.2, 0.25) is 5.91 Å². The van der Waals surface area contributed by atoms with Crippen LogP contribution < -0.4 is 10.6 Å². The van der Waals surface area contributed by atoms with Crippen LogP contribution in [0, 0.1) is 0 Å². The summed E-state index contributed by atoms with van der Waals surface area (Å²) in [6.45, 7) is 3.89. The van der Waals surface area contributed by atoms with Crippen molar-refractivity contribution in [1.82, 2.24) is 15.2 Å². The van der Waals surface area contributed by atoms with Crippen LogP contribution in [0.3, 0.4) is 0 Å². The highest BCUT2D eigenvalue weighted by Crippen LogP contribution is 2.27. The maximum absolute atomic E-state index is 14.4. The highest BCUT2D eigenvalue weighted by atomic mass is 19.1. The molecule has 2 aromatic carbocycles. The monoisotopic (exact) mass is 488 g/mol. The Morgan fingerprint density at radius 2 is 1.61 bits per heavy atom. The summed E-state index contributed by atoms with van der Waals surface area (Å²) in [5, 5.41) is 5.45. The van der Waals surface area contributed by atoms with Crippen LogP contribution in [0.25, 0.3) is 0 Å². The smallest absolute Gasteiger partial charge is 0.313 e. The van der Waals surface area contributed by atoms with Gasteiger partial charge in [-0.3, -0.25) is 19.4 Å². The number of likely N-dealkylation sites (tertiary alicyclic amines) is 1. The SMILES string of the molecule is CC(C)c1ccc([C@@H](NC(=O)[C@@H]2C[C@@H](F)CN2C(=O)C(=O)Nc2cccnc2)c2ccccc2)cc1. The van der Waals surface area contributed by atoms with E-state index in [1.165, 1.54) is 18.0 Å². The minimum absolute atomic E-state index is 0.175. The van der Waals surface area contributed by atoms with Gasteiger partial charge in [-0.15, -0.1) is 0 Å². The number of halogens is 1. The van der Waals surface area contributed by atoms with E-state index in [9.17, 15) is 18.8 Å². The van der Waals surface area contributed by atoms with E-state index in [-0.39, 0.29) is 13.0 Å². The third-order valence-electron chi connectivity index (χ3n) is 6.28. The molecule has 0 saturated carbocycles. The predicted octanol–water partition coefficient (Wildman–Crippen LogP) is 3.99. The lowest BCUT2D eigenvalue weighted by atomic mass is 9.95. The Bertz CT molecular complexity index is 1200. The molecule has 3 atom stereocenters. The Morgan fingerprint density at radius 1 is 0.944 bits per heavy atom. The molecule has 1 aromatic heterocycles. The summed E-state index contributed by atoms with van der Waals surface area (Å²) >= 11 is 0. The number of carbonyl (C=O) groups is 3. The second-order valence-electron chi connectivity index (χ2n) is 9.18. The van der Waals surface area contributed by atoms with E-state index in [1.807, 2.05) is 54.6 Å². The Hall–Kier alpha value is -4.07. The molecule has 1 aliphatic heterocycles. The van der Waals surface area contributed by atoms with Crippen molar-refractivity contribution < 1.29 is 18.8 Å². The molecule has 4 rings (SSSR count). The van der Waals surface area contributed by atoms with E-state index in [4.69, 9.17) is 0 Å². The van der Waals surface area contributed by atoms with Crippen LogP contribution in [0.5, 0.6) is 0 Å². The number of nitrogens with zero attached hydrogens (tertiary/aromatic N) is 2. The zero-order valence-corrected chi connectivity index (χ0v) is 20.2. The number of carbonyl (C=O) groups excluding carboxylic acids is 3. The molecule has 1 aliphatic rings. The molecule has 1 saturated heterocycles. The maximum Gasteiger partial charge on any atom is 0.313 e. The number of benzene rings is 2. The first kappa shape index (κ1) is 25.0. The summed E-state index contributed by atoms with van der Waals surface area (Å²) in [7, 11) is 0. The molecule has 0 bridgehead atoms. The minimum Gasteiger partial charge on any atom is -0.343 e. The Balaban J connectivity index is 1.54. The third-order valence-corrected chi connectivity index (χ3v) is 6.28. The van der Waals surface area contributed by atoms with Crippen LogP contribution in [0.2, 0.25) is 0 Å². The van der Waals surface area contributed by atoms with Crippen LogP contribution in [0.4, 0.5) is 10.1 Å². The van der Waals surface area contributed by atoms with Gasteiger partial charge < -0.3 is 15.5 Å². The van der Waals surface area contributed by atoms with Crippen molar-refractivity contribution in [3.8, 4) is 0 Å². The largest absolute Gasteiger partial charge is 0.343 e. The van der Waals surface area contributed by atoms with E-state index < -0.39 is 36.0 Å². The second kappa shape index (κ2) is 11.1. The maximum atomic E-state index is 14.4. The number of hydrogen-bond donors (Lipinski definition) is 2. The van der Waals surface area contributed by atoms with Crippen molar-refractivity contribution in [2.75, 3.05) is 11.9 Å². The van der Waals surface area contributed by atoms with Crippen molar-refractivity contribution in [2.45, 2.75) is 44.4 Å². The minimum atomic E-state index is -1.41. The van der Waals surface area contributed by atoms with Gasteiger partial charge in [0.25, 0.3) is 0 Å². The predicted molar refractivity (Wildman–Crippen MR) is 135 cm³/mol. The molecule has 1 fully saturated rings. The molecule has 0 aliphatic carbocycles. The van der Waals surface area contributed by atoms with Gasteiger partial charge in [-0.05, 0) is 34.7 Å². The van der Waals surface area contributed by atoms with E-state index in [1.54, 1.807) is 12.1 Å². The van der Waals surface area contributed by atoms with Gasteiger partial charge >= 0.3 is 11.8 Å². The lowest BCUT2D eigenvalue weighted by Crippen LogP contribution is -2.50. The molecular weight excluding hydrogens is 459 g/mol. The molecule has 3 amide bonds. The van der Waals surface area contributed by atoms with E-state index in [0.717, 1.165) is 16.0 Å². The van der Waals surface area contributed by atoms with Gasteiger partial charge in [0.1, 0.15) is 12.2 Å². The quantitative estimate of drug-likeness (QED) is 0.514. The summed E-state index contributed by atoms with van der Waals surface area (Å²) in [4.78, 5) is 43.7. The van der Waals surface area contributed by atoms with Crippen molar-refractivity contribution in [1.29, 1.82) is 0 Å². The Labute approximate surface area is 209 Å². The zero-order chi connectivity index (χ0) is 25.7. The third kappa shape index (κ3) is 5.76. The number of rotatable bonds is 6. The normalized spacial score (nSPS) is 18.1. The van der Waals surface area contributed by atoms with Crippen molar-refractivity contribution in [3.63, 3.8) is 0 Å². The van der Waals surface area contributed by atoms with Gasteiger partial charge in [-0.2, -0.15) is 0 Å². The lowest BCUT2D eigenvalue weighted by molar-refractivity contribution is -0.146. The number of aromatic nitrogens is 1. The topological polar surface area (TPSA) is 91.4 Å². The van der Waals surface area contributed by atoms with Crippen LogP contribution in [-0.2, 0) is 14.4 Å². The van der Waals surface area contributed by atoms with Gasteiger partial charge in [0, 0.05) is 12.6 Å². The summed E-state index contributed by atoms with van der Waals surface area (Å²) in [5.74, 6) is -2.06. The molecule has 186 valence electrons. The number of anilines is 1. The standard InChI is InChI=1S/C28H29FN4O3/c1-18(2)19-10-12-21(13-11-19)25(20-7-4-3-5-8-20)32-26(34)24-15-22(29)17-33(24)28(36)27(35)31-23-9-6-14-30-16-23/h3-14,16,18,22,24-25H,15,17H2,1-2H3,(H,31,35)(H,32,34)/t22-,24+,25+/m1/s1. The Morgan fingerprint density at radius 3 is 2.25 bits per heavy atom. The van der Waals surface area contributed by atoms with E-state index in [0.29, 0.717) is 11.6 Å². The molecule has 2 N–H and O–H groups in total. The fourth-order valence-electron chi connectivity index (χ4n) is 4.33. The van der Waals surface area contributed by atoms with Gasteiger partial charge in [0.15, 0.2) is 0 Å². The number of nitrogens with one attached hydrogen (secondary N) is 2. The molecule has 3 aromatic rings. The van der Waals surface area contributed by atoms with Crippen molar-refractivity contribution in [3.05, 3.63) is 95.8 Å². The van der Waals surface area contributed by atoms with Crippen molar-refractivity contribution in [2.24, 2.45) is 0 Å². The van der Waals surface area contributed by atoms with Gasteiger partial charge in [-0.1, -0.05) is 68.4 Å². The molecule has 0 unspecified atom stereocenters. The Kier molecular flexibility index (Phi) is 7.73. The summed E-state index contributed by atoms with van der Waals surface area (Å²) < 4.78 is 14.4. The lowest BCUT2D eigenvalue weighted by Gasteiger charge is -2.26. The van der Waals surface area contributed by atoms with E-state index >= 15 is 0 Å². The first-order chi connectivity index (χ1) is 17.3. The number of alkyl halides is 1. The highest BCUT2D eigenvalue weighted by Gasteiger charge is 2.42. The summed E-state index contributed by atoms with van der Waals surface area (Å²) in [6, 6.07) is 19.0. The summed E-state index contributed by atoms with van der Waals surface area (Å²) in [6.07, 6.45) is 1.35. The number of hydrogen-bond acceptors (Lipinski definition) is 4. The second-order valence-corrected chi connectivity index (χ2v) is 9.18. The average molecular weight is 489 g/mol.